The van der Waals surface area contributed by atoms with Gasteiger partial charge in [0.1, 0.15) is 5.75 Å². The van der Waals surface area contributed by atoms with Crippen LogP contribution in [0.2, 0.25) is 0 Å². The molecule has 1 saturated heterocycles. The van der Waals surface area contributed by atoms with Crippen molar-refractivity contribution in [2.45, 2.75) is 32.5 Å². The molecule has 164 valence electrons. The minimum Gasteiger partial charge on any atom is -0.496 e. The lowest BCUT2D eigenvalue weighted by atomic mass is 10.1. The van der Waals surface area contributed by atoms with Gasteiger partial charge in [-0.3, -0.25) is 14.8 Å². The van der Waals surface area contributed by atoms with Crippen molar-refractivity contribution in [3.05, 3.63) is 77.9 Å². The number of nitrogens with zero attached hydrogens (tertiary/aromatic N) is 4. The first-order valence-electron chi connectivity index (χ1n) is 11.0. The van der Waals surface area contributed by atoms with E-state index in [9.17, 15) is 5.11 Å². The van der Waals surface area contributed by atoms with E-state index in [0.717, 1.165) is 56.1 Å². The third kappa shape index (κ3) is 5.15. The molecule has 0 aliphatic carbocycles. The van der Waals surface area contributed by atoms with Crippen LogP contribution in [0, 0.1) is 6.92 Å². The van der Waals surface area contributed by atoms with Crippen molar-refractivity contribution in [1.29, 1.82) is 0 Å². The minimum absolute atomic E-state index is 0.211. The first kappa shape index (κ1) is 21.6. The van der Waals surface area contributed by atoms with Gasteiger partial charge in [0, 0.05) is 63.5 Å². The molecule has 2 aromatic heterocycles. The van der Waals surface area contributed by atoms with Crippen LogP contribution >= 0.6 is 0 Å². The second-order valence-electron chi connectivity index (χ2n) is 8.26. The first-order valence-corrected chi connectivity index (χ1v) is 11.0. The summed E-state index contributed by atoms with van der Waals surface area (Å²) in [6.45, 7) is 7.03. The lowest BCUT2D eigenvalue weighted by Crippen LogP contribution is -2.52. The molecular weight excluding hydrogens is 388 g/mol. The summed E-state index contributed by atoms with van der Waals surface area (Å²) >= 11 is 0. The first-order chi connectivity index (χ1) is 15.2. The average molecular weight is 421 g/mol. The fourth-order valence-electron chi connectivity index (χ4n) is 4.53. The van der Waals surface area contributed by atoms with Gasteiger partial charge in [-0.2, -0.15) is 0 Å². The molecule has 0 unspecified atom stereocenters. The Morgan fingerprint density at radius 1 is 1.13 bits per heavy atom. The zero-order chi connectivity index (χ0) is 21.6. The Kier molecular flexibility index (Phi) is 7.02. The zero-order valence-corrected chi connectivity index (χ0v) is 18.4. The Bertz CT molecular complexity index is 973. The Balaban J connectivity index is 1.43. The molecule has 31 heavy (non-hydrogen) atoms. The highest BCUT2D eigenvalue weighted by Crippen LogP contribution is 2.23. The second-order valence-corrected chi connectivity index (χ2v) is 8.26. The van der Waals surface area contributed by atoms with Gasteiger partial charge in [-0.05, 0) is 54.8 Å². The van der Waals surface area contributed by atoms with Gasteiger partial charge in [0.2, 0.25) is 0 Å². The summed E-state index contributed by atoms with van der Waals surface area (Å²) < 4.78 is 7.60. The van der Waals surface area contributed by atoms with Crippen molar-refractivity contribution in [1.82, 2.24) is 19.4 Å². The van der Waals surface area contributed by atoms with Crippen LogP contribution in [0.25, 0.3) is 5.69 Å². The smallest absolute Gasteiger partial charge is 0.121 e. The monoisotopic (exact) mass is 420 g/mol. The standard InChI is InChI=1S/C25H32N4O2/c1-20-15-21(7-8-25(20)31-2)17-28-13-12-27(18-23(28)9-14-30)19-24-6-4-11-29(24)22-5-3-10-26-16-22/h3-8,10-11,15-16,23,30H,9,12-14,17-19H2,1-2H3/t23-/m0/s1. The van der Waals surface area contributed by atoms with E-state index in [-0.39, 0.29) is 6.61 Å². The molecule has 0 spiro atoms. The van der Waals surface area contributed by atoms with Crippen LogP contribution in [0.15, 0.2) is 61.1 Å². The van der Waals surface area contributed by atoms with Gasteiger partial charge in [0.15, 0.2) is 0 Å². The quantitative estimate of drug-likeness (QED) is 0.606. The molecule has 1 aromatic carbocycles. The third-order valence-corrected chi connectivity index (χ3v) is 6.14. The van der Waals surface area contributed by atoms with Gasteiger partial charge in [-0.25, -0.2) is 0 Å². The SMILES string of the molecule is COc1ccc(CN2CCN(Cc3cccn3-c3cccnc3)C[C@@H]2CCO)cc1C. The van der Waals surface area contributed by atoms with Crippen LogP contribution in [0.3, 0.4) is 0 Å². The molecule has 0 saturated carbocycles. The molecule has 1 fully saturated rings. The molecule has 1 aliphatic rings. The molecular formula is C25H32N4O2. The summed E-state index contributed by atoms with van der Waals surface area (Å²) in [4.78, 5) is 9.26. The van der Waals surface area contributed by atoms with Crippen LogP contribution in [0.5, 0.6) is 5.75 Å². The van der Waals surface area contributed by atoms with Crippen molar-refractivity contribution in [2.75, 3.05) is 33.4 Å². The number of pyridine rings is 1. The molecule has 3 heterocycles. The normalized spacial score (nSPS) is 17.7. The third-order valence-electron chi connectivity index (χ3n) is 6.14. The van der Waals surface area contributed by atoms with Crippen LogP contribution in [0.4, 0.5) is 0 Å². The minimum atomic E-state index is 0.211. The second kappa shape index (κ2) is 10.1. The molecule has 3 aromatic rings. The van der Waals surface area contributed by atoms with Gasteiger partial charge in [-0.15, -0.1) is 0 Å². The summed E-state index contributed by atoms with van der Waals surface area (Å²) in [6, 6.07) is 15.1. The van der Waals surface area contributed by atoms with Crippen LogP contribution in [-0.2, 0) is 13.1 Å². The number of ether oxygens (including phenoxy) is 1. The number of benzene rings is 1. The molecule has 6 heteroatoms. The van der Waals surface area contributed by atoms with E-state index >= 15 is 0 Å². The maximum Gasteiger partial charge on any atom is 0.121 e. The zero-order valence-electron chi connectivity index (χ0n) is 18.4. The summed E-state index contributed by atoms with van der Waals surface area (Å²) in [5.74, 6) is 0.928. The van der Waals surface area contributed by atoms with E-state index in [1.807, 2.05) is 12.3 Å². The van der Waals surface area contributed by atoms with E-state index in [0.29, 0.717) is 6.04 Å². The topological polar surface area (TPSA) is 53.8 Å². The van der Waals surface area contributed by atoms with E-state index in [2.05, 4.69) is 68.9 Å². The highest BCUT2D eigenvalue weighted by Gasteiger charge is 2.27. The summed E-state index contributed by atoms with van der Waals surface area (Å²) in [6.07, 6.45) is 6.58. The molecule has 0 amide bonds. The van der Waals surface area contributed by atoms with Gasteiger partial charge in [-0.1, -0.05) is 12.1 Å². The fourth-order valence-corrected chi connectivity index (χ4v) is 4.53. The number of aliphatic hydroxyl groups excluding tert-OH is 1. The number of aromatic nitrogens is 2. The average Bonchev–Trinajstić information content (AvgIpc) is 3.24. The molecule has 1 atom stereocenters. The van der Waals surface area contributed by atoms with Crippen LogP contribution < -0.4 is 4.74 Å². The number of aliphatic hydroxyl groups is 1. The summed E-state index contributed by atoms with van der Waals surface area (Å²) in [5, 5.41) is 9.68. The van der Waals surface area contributed by atoms with Gasteiger partial charge < -0.3 is 14.4 Å². The number of hydrogen-bond donors (Lipinski definition) is 1. The highest BCUT2D eigenvalue weighted by atomic mass is 16.5. The molecule has 6 nitrogen and oxygen atoms in total. The van der Waals surface area contributed by atoms with E-state index in [4.69, 9.17) is 4.74 Å². The molecule has 0 bridgehead atoms. The maximum absolute atomic E-state index is 9.68. The van der Waals surface area contributed by atoms with Crippen molar-refractivity contribution < 1.29 is 9.84 Å². The summed E-state index contributed by atoms with van der Waals surface area (Å²) in [7, 11) is 1.71. The maximum atomic E-state index is 9.68. The molecule has 4 rings (SSSR count). The predicted molar refractivity (Wildman–Crippen MR) is 122 cm³/mol. The van der Waals surface area contributed by atoms with Crippen molar-refractivity contribution in [3.8, 4) is 11.4 Å². The molecule has 1 N–H and O–H groups in total. The van der Waals surface area contributed by atoms with Gasteiger partial charge in [0.25, 0.3) is 0 Å². The lowest BCUT2D eigenvalue weighted by molar-refractivity contribution is 0.0492. The van der Waals surface area contributed by atoms with E-state index in [1.54, 1.807) is 13.3 Å². The largest absolute Gasteiger partial charge is 0.496 e. The number of piperazine rings is 1. The Labute approximate surface area is 184 Å². The van der Waals surface area contributed by atoms with E-state index in [1.165, 1.54) is 11.3 Å². The van der Waals surface area contributed by atoms with Crippen molar-refractivity contribution in [3.63, 3.8) is 0 Å². The summed E-state index contributed by atoms with van der Waals surface area (Å²) in [5.41, 5.74) is 4.80. The lowest BCUT2D eigenvalue weighted by Gasteiger charge is -2.41. The Morgan fingerprint density at radius 2 is 2.03 bits per heavy atom. The fraction of sp³-hybridized carbons (Fsp3) is 0.400. The number of aryl methyl sites for hydroxylation is 1. The Morgan fingerprint density at radius 3 is 2.77 bits per heavy atom. The van der Waals surface area contributed by atoms with Gasteiger partial charge in [0.05, 0.1) is 19.0 Å². The predicted octanol–water partition coefficient (Wildman–Crippen LogP) is 3.26. The van der Waals surface area contributed by atoms with Crippen molar-refractivity contribution in [2.24, 2.45) is 0 Å². The Hall–Kier alpha value is -2.67. The molecule has 1 aliphatic heterocycles. The van der Waals surface area contributed by atoms with Crippen LogP contribution in [-0.4, -0.2) is 63.9 Å². The number of rotatable bonds is 8. The van der Waals surface area contributed by atoms with Crippen molar-refractivity contribution >= 4 is 0 Å². The van der Waals surface area contributed by atoms with Gasteiger partial charge >= 0.3 is 0 Å². The molecule has 0 radical (unpaired) electrons. The number of methoxy groups -OCH3 is 1. The van der Waals surface area contributed by atoms with Crippen LogP contribution in [0.1, 0.15) is 23.2 Å². The highest BCUT2D eigenvalue weighted by molar-refractivity contribution is 5.36. The van der Waals surface area contributed by atoms with E-state index < -0.39 is 0 Å². The number of hydrogen-bond acceptors (Lipinski definition) is 5.